The molecule has 2 aromatic carbocycles. The number of nitriles is 1. The van der Waals surface area contributed by atoms with Crippen LogP contribution in [0.5, 0.6) is 0 Å². The molecule has 2 aliphatic rings. The zero-order chi connectivity index (χ0) is 22.5. The number of amides is 1. The van der Waals surface area contributed by atoms with Crippen LogP contribution in [-0.2, 0) is 16.1 Å². The standard InChI is InChI=1S/C26H25N3O2S/c1-17-10-12-19(13-11-17)24-20(14-27)26(29-21-8-5-9-22(30)25(21)24)32-16-23(31)28-15-18-6-3-2-4-7-18/h2-4,6-7,10-13,24,29H,5,8-9,15-16H2,1H3,(H,28,31). The first-order valence-corrected chi connectivity index (χ1v) is 11.7. The van der Waals surface area contributed by atoms with Gasteiger partial charge in [0.1, 0.15) is 0 Å². The van der Waals surface area contributed by atoms with Gasteiger partial charge in [-0.1, -0.05) is 71.9 Å². The van der Waals surface area contributed by atoms with E-state index in [2.05, 4.69) is 16.7 Å². The lowest BCUT2D eigenvalue weighted by Crippen LogP contribution is -2.32. The Morgan fingerprint density at radius 1 is 1.16 bits per heavy atom. The maximum absolute atomic E-state index is 12.8. The summed E-state index contributed by atoms with van der Waals surface area (Å²) in [7, 11) is 0. The molecule has 0 fully saturated rings. The van der Waals surface area contributed by atoms with Crippen LogP contribution in [0.4, 0.5) is 0 Å². The number of dihydropyridines is 1. The van der Waals surface area contributed by atoms with Crippen molar-refractivity contribution in [2.75, 3.05) is 5.75 Å². The fraction of sp³-hybridized carbons (Fsp3) is 0.269. The van der Waals surface area contributed by atoms with Crippen LogP contribution in [0.15, 0.2) is 76.5 Å². The van der Waals surface area contributed by atoms with Crippen molar-refractivity contribution >= 4 is 23.5 Å². The molecule has 162 valence electrons. The lowest BCUT2D eigenvalue weighted by Gasteiger charge is -2.33. The van der Waals surface area contributed by atoms with Crippen molar-refractivity contribution in [3.05, 3.63) is 93.2 Å². The van der Waals surface area contributed by atoms with Gasteiger partial charge in [-0.15, -0.1) is 0 Å². The number of hydrogen-bond donors (Lipinski definition) is 2. The number of nitrogens with one attached hydrogen (secondary N) is 2. The summed E-state index contributed by atoms with van der Waals surface area (Å²) in [6, 6.07) is 20.1. The van der Waals surface area contributed by atoms with Crippen LogP contribution in [0.2, 0.25) is 0 Å². The Labute approximate surface area is 192 Å². The Bertz CT molecular complexity index is 1130. The fourth-order valence-corrected chi connectivity index (χ4v) is 5.01. The van der Waals surface area contributed by atoms with E-state index in [0.717, 1.165) is 35.2 Å². The van der Waals surface area contributed by atoms with E-state index in [0.29, 0.717) is 29.1 Å². The molecule has 32 heavy (non-hydrogen) atoms. The van der Waals surface area contributed by atoms with Gasteiger partial charge in [0.15, 0.2) is 5.78 Å². The van der Waals surface area contributed by atoms with Crippen LogP contribution in [-0.4, -0.2) is 17.4 Å². The predicted molar refractivity (Wildman–Crippen MR) is 126 cm³/mol. The first kappa shape index (κ1) is 21.9. The molecule has 1 heterocycles. The molecule has 2 N–H and O–H groups in total. The molecule has 2 aromatic rings. The number of benzene rings is 2. The van der Waals surface area contributed by atoms with Gasteiger partial charge in [0, 0.05) is 24.2 Å². The van der Waals surface area contributed by atoms with Crippen LogP contribution < -0.4 is 10.6 Å². The van der Waals surface area contributed by atoms with E-state index >= 15 is 0 Å². The van der Waals surface area contributed by atoms with Gasteiger partial charge in [0.25, 0.3) is 0 Å². The van der Waals surface area contributed by atoms with Crippen LogP contribution >= 0.6 is 11.8 Å². The summed E-state index contributed by atoms with van der Waals surface area (Å²) in [5, 5.41) is 17.0. The molecule has 1 amide bonds. The number of allylic oxidation sites excluding steroid dienone is 3. The molecule has 1 atom stereocenters. The highest BCUT2D eigenvalue weighted by molar-refractivity contribution is 8.03. The minimum Gasteiger partial charge on any atom is -0.352 e. The summed E-state index contributed by atoms with van der Waals surface area (Å²) in [6.45, 7) is 2.48. The van der Waals surface area contributed by atoms with Crippen molar-refractivity contribution in [1.82, 2.24) is 10.6 Å². The topological polar surface area (TPSA) is 82.0 Å². The third kappa shape index (κ3) is 4.79. The Morgan fingerprint density at radius 2 is 1.91 bits per heavy atom. The Hall–Kier alpha value is -3.30. The van der Waals surface area contributed by atoms with Crippen molar-refractivity contribution in [1.29, 1.82) is 5.26 Å². The second-order valence-electron chi connectivity index (χ2n) is 8.04. The molecule has 1 unspecified atom stereocenters. The Kier molecular flexibility index (Phi) is 6.77. The summed E-state index contributed by atoms with van der Waals surface area (Å²) in [5.74, 6) is -0.199. The Balaban J connectivity index is 1.56. The summed E-state index contributed by atoms with van der Waals surface area (Å²) in [6.07, 6.45) is 2.07. The lowest BCUT2D eigenvalue weighted by atomic mass is 9.77. The molecule has 0 saturated carbocycles. The summed E-state index contributed by atoms with van der Waals surface area (Å²) < 4.78 is 0. The molecular weight excluding hydrogens is 418 g/mol. The molecule has 0 bridgehead atoms. The quantitative estimate of drug-likeness (QED) is 0.688. The monoisotopic (exact) mass is 443 g/mol. The number of thioether (sulfide) groups is 1. The second kappa shape index (κ2) is 9.88. The zero-order valence-electron chi connectivity index (χ0n) is 18.0. The number of nitrogens with zero attached hydrogens (tertiary/aromatic N) is 1. The van der Waals surface area contributed by atoms with Gasteiger partial charge in [-0.3, -0.25) is 9.59 Å². The van der Waals surface area contributed by atoms with Gasteiger partial charge in [-0.25, -0.2) is 0 Å². The van der Waals surface area contributed by atoms with Crippen molar-refractivity contribution in [2.24, 2.45) is 0 Å². The largest absolute Gasteiger partial charge is 0.352 e. The van der Waals surface area contributed by atoms with Crippen molar-refractivity contribution in [2.45, 2.75) is 38.6 Å². The molecule has 4 rings (SSSR count). The lowest BCUT2D eigenvalue weighted by molar-refractivity contribution is -0.119. The average molecular weight is 444 g/mol. The van der Waals surface area contributed by atoms with E-state index in [4.69, 9.17) is 0 Å². The van der Waals surface area contributed by atoms with E-state index < -0.39 is 0 Å². The SMILES string of the molecule is Cc1ccc(C2C(C#N)=C(SCC(=O)NCc3ccccc3)NC3=C2C(=O)CCC3)cc1. The highest BCUT2D eigenvalue weighted by Crippen LogP contribution is 2.43. The predicted octanol–water partition coefficient (Wildman–Crippen LogP) is 4.47. The van der Waals surface area contributed by atoms with Crippen LogP contribution in [0.3, 0.4) is 0 Å². The highest BCUT2D eigenvalue weighted by atomic mass is 32.2. The molecule has 0 saturated heterocycles. The van der Waals surface area contributed by atoms with Gasteiger partial charge in [-0.05, 0) is 30.9 Å². The minimum atomic E-state index is -0.389. The number of Topliss-reactive ketones (excluding diaryl/α,β-unsaturated/α-hetero) is 1. The van der Waals surface area contributed by atoms with Crippen LogP contribution in [0, 0.1) is 18.3 Å². The molecular formula is C26H25N3O2S. The molecule has 0 aromatic heterocycles. The smallest absolute Gasteiger partial charge is 0.230 e. The minimum absolute atomic E-state index is 0.0988. The van der Waals surface area contributed by atoms with Crippen LogP contribution in [0.1, 0.15) is 41.9 Å². The third-order valence-corrected chi connectivity index (χ3v) is 6.77. The number of ketones is 1. The molecule has 0 radical (unpaired) electrons. The summed E-state index contributed by atoms with van der Waals surface area (Å²) in [4.78, 5) is 25.3. The fourth-order valence-electron chi connectivity index (χ4n) is 4.11. The maximum atomic E-state index is 12.8. The van der Waals surface area contributed by atoms with Crippen molar-refractivity contribution in [3.63, 3.8) is 0 Å². The molecule has 1 aliphatic heterocycles. The molecule has 6 heteroatoms. The average Bonchev–Trinajstić information content (AvgIpc) is 2.82. The normalized spacial score (nSPS) is 18.0. The highest BCUT2D eigenvalue weighted by Gasteiger charge is 2.37. The second-order valence-corrected chi connectivity index (χ2v) is 9.03. The zero-order valence-corrected chi connectivity index (χ0v) is 18.8. The number of aryl methyl sites for hydroxylation is 1. The number of hydrogen-bond acceptors (Lipinski definition) is 5. The summed E-state index contributed by atoms with van der Waals surface area (Å²) >= 11 is 1.32. The molecule has 5 nitrogen and oxygen atoms in total. The van der Waals surface area contributed by atoms with Gasteiger partial charge in [0.05, 0.1) is 28.3 Å². The third-order valence-electron chi connectivity index (χ3n) is 5.75. The van der Waals surface area contributed by atoms with E-state index in [9.17, 15) is 14.9 Å². The van der Waals surface area contributed by atoms with E-state index in [1.807, 2.05) is 61.5 Å². The number of carbonyl (C=O) groups excluding carboxylic acids is 2. The summed E-state index contributed by atoms with van der Waals surface area (Å²) in [5.41, 5.74) is 5.19. The number of rotatable bonds is 6. The first-order valence-electron chi connectivity index (χ1n) is 10.7. The van der Waals surface area contributed by atoms with E-state index in [1.54, 1.807) is 0 Å². The van der Waals surface area contributed by atoms with E-state index in [1.165, 1.54) is 11.8 Å². The number of carbonyl (C=O) groups is 2. The van der Waals surface area contributed by atoms with Crippen LogP contribution in [0.25, 0.3) is 0 Å². The van der Waals surface area contributed by atoms with E-state index in [-0.39, 0.29) is 23.4 Å². The molecule has 1 aliphatic carbocycles. The molecule has 0 spiro atoms. The van der Waals surface area contributed by atoms with Crippen molar-refractivity contribution < 1.29 is 9.59 Å². The van der Waals surface area contributed by atoms with Crippen molar-refractivity contribution in [3.8, 4) is 6.07 Å². The van der Waals surface area contributed by atoms with Gasteiger partial charge >= 0.3 is 0 Å². The first-order chi connectivity index (χ1) is 15.6. The van der Waals surface area contributed by atoms with Gasteiger partial charge in [0.2, 0.25) is 5.91 Å². The Morgan fingerprint density at radius 3 is 2.62 bits per heavy atom. The van der Waals surface area contributed by atoms with Gasteiger partial charge in [-0.2, -0.15) is 5.26 Å². The maximum Gasteiger partial charge on any atom is 0.230 e. The van der Waals surface area contributed by atoms with Gasteiger partial charge < -0.3 is 10.6 Å².